The minimum absolute atomic E-state index is 0.283. The van der Waals surface area contributed by atoms with Gasteiger partial charge in [0.1, 0.15) is 11.4 Å². The molecular weight excluding hydrogens is 352 g/mol. The van der Waals surface area contributed by atoms with E-state index in [9.17, 15) is 4.79 Å². The molecule has 3 rings (SSSR count). The SMILES string of the molecule is CCOc1ccccc1NC(=O)c1ccc(Nc2ccc(N(C)C)cc2)cn1. The smallest absolute Gasteiger partial charge is 0.274 e. The van der Waals surface area contributed by atoms with E-state index in [4.69, 9.17) is 4.74 Å². The van der Waals surface area contributed by atoms with Gasteiger partial charge in [-0.25, -0.2) is 4.98 Å². The van der Waals surface area contributed by atoms with E-state index < -0.39 is 0 Å². The molecule has 0 atom stereocenters. The van der Waals surface area contributed by atoms with Crippen molar-refractivity contribution >= 4 is 28.7 Å². The summed E-state index contributed by atoms with van der Waals surface area (Å²) >= 11 is 0. The molecule has 28 heavy (non-hydrogen) atoms. The summed E-state index contributed by atoms with van der Waals surface area (Å²) in [5.41, 5.74) is 3.85. The number of pyridine rings is 1. The number of para-hydroxylation sites is 2. The fourth-order valence-electron chi connectivity index (χ4n) is 2.65. The molecule has 1 aromatic heterocycles. The minimum atomic E-state index is -0.283. The summed E-state index contributed by atoms with van der Waals surface area (Å²) in [6, 6.07) is 18.9. The number of hydrogen-bond donors (Lipinski definition) is 2. The molecule has 0 saturated heterocycles. The van der Waals surface area contributed by atoms with Crippen molar-refractivity contribution in [1.82, 2.24) is 4.98 Å². The monoisotopic (exact) mass is 376 g/mol. The first kappa shape index (κ1) is 19.2. The van der Waals surface area contributed by atoms with Crippen LogP contribution in [-0.2, 0) is 0 Å². The molecule has 0 aliphatic carbocycles. The third-order valence-electron chi connectivity index (χ3n) is 4.10. The van der Waals surface area contributed by atoms with Crippen molar-refractivity contribution in [3.63, 3.8) is 0 Å². The zero-order valence-electron chi connectivity index (χ0n) is 16.3. The second-order valence-corrected chi connectivity index (χ2v) is 6.38. The number of amides is 1. The second kappa shape index (κ2) is 8.90. The number of carbonyl (C=O) groups excluding carboxylic acids is 1. The normalized spacial score (nSPS) is 10.2. The summed E-state index contributed by atoms with van der Waals surface area (Å²) in [5, 5.41) is 6.13. The van der Waals surface area contributed by atoms with Gasteiger partial charge in [-0.3, -0.25) is 4.79 Å². The quantitative estimate of drug-likeness (QED) is 0.634. The second-order valence-electron chi connectivity index (χ2n) is 6.38. The van der Waals surface area contributed by atoms with Crippen molar-refractivity contribution in [1.29, 1.82) is 0 Å². The van der Waals surface area contributed by atoms with Gasteiger partial charge < -0.3 is 20.3 Å². The Morgan fingerprint density at radius 3 is 2.36 bits per heavy atom. The summed E-state index contributed by atoms with van der Waals surface area (Å²) in [5.74, 6) is 0.354. The topological polar surface area (TPSA) is 66.5 Å². The Bertz CT molecular complexity index is 922. The summed E-state index contributed by atoms with van der Waals surface area (Å²) in [4.78, 5) is 18.8. The number of carbonyl (C=O) groups is 1. The van der Waals surface area contributed by atoms with Gasteiger partial charge in [0.25, 0.3) is 5.91 Å². The third-order valence-corrected chi connectivity index (χ3v) is 4.10. The fraction of sp³-hybridized carbons (Fsp3) is 0.182. The molecule has 0 aliphatic rings. The third kappa shape index (κ3) is 4.79. The van der Waals surface area contributed by atoms with Crippen LogP contribution >= 0.6 is 0 Å². The van der Waals surface area contributed by atoms with Crippen molar-refractivity contribution in [3.8, 4) is 5.75 Å². The lowest BCUT2D eigenvalue weighted by molar-refractivity contribution is 0.102. The van der Waals surface area contributed by atoms with Gasteiger partial charge in [0.05, 0.1) is 24.2 Å². The standard InChI is InChI=1S/C22H24N4O2/c1-4-28-21-8-6-5-7-19(21)25-22(27)20-14-11-17(15-23-20)24-16-9-12-18(13-10-16)26(2)3/h5-15,24H,4H2,1-3H3,(H,25,27). The first-order valence-electron chi connectivity index (χ1n) is 9.10. The summed E-state index contributed by atoms with van der Waals surface area (Å²) in [6.07, 6.45) is 1.64. The molecule has 6 heteroatoms. The van der Waals surface area contributed by atoms with Crippen LogP contribution in [0.2, 0.25) is 0 Å². The number of ether oxygens (including phenoxy) is 1. The van der Waals surface area contributed by atoms with E-state index in [1.54, 1.807) is 18.3 Å². The van der Waals surface area contributed by atoms with E-state index >= 15 is 0 Å². The molecule has 0 bridgehead atoms. The first-order chi connectivity index (χ1) is 13.6. The Morgan fingerprint density at radius 1 is 1.00 bits per heavy atom. The van der Waals surface area contributed by atoms with Crippen LogP contribution in [-0.4, -0.2) is 31.6 Å². The van der Waals surface area contributed by atoms with Crippen molar-refractivity contribution in [2.45, 2.75) is 6.92 Å². The van der Waals surface area contributed by atoms with Gasteiger partial charge in [-0.1, -0.05) is 12.1 Å². The molecule has 2 aromatic carbocycles. The predicted octanol–water partition coefficient (Wildman–Crippen LogP) is 4.54. The Balaban J connectivity index is 1.66. The Labute approximate surface area is 165 Å². The number of anilines is 4. The molecule has 0 saturated carbocycles. The van der Waals surface area contributed by atoms with E-state index in [0.717, 1.165) is 17.1 Å². The van der Waals surface area contributed by atoms with Crippen LogP contribution in [0.3, 0.4) is 0 Å². The van der Waals surface area contributed by atoms with Crippen LogP contribution in [0.4, 0.5) is 22.7 Å². The number of aromatic nitrogens is 1. The summed E-state index contributed by atoms with van der Waals surface area (Å²) in [7, 11) is 4.01. The van der Waals surface area contributed by atoms with E-state index in [0.29, 0.717) is 23.7 Å². The van der Waals surface area contributed by atoms with Crippen molar-refractivity contribution < 1.29 is 9.53 Å². The lowest BCUT2D eigenvalue weighted by atomic mass is 10.2. The number of nitrogens with one attached hydrogen (secondary N) is 2. The van der Waals surface area contributed by atoms with Gasteiger partial charge in [-0.2, -0.15) is 0 Å². The summed E-state index contributed by atoms with van der Waals surface area (Å²) in [6.45, 7) is 2.43. The largest absolute Gasteiger partial charge is 0.492 e. The van der Waals surface area contributed by atoms with E-state index in [2.05, 4.69) is 15.6 Å². The average Bonchev–Trinajstić information content (AvgIpc) is 2.70. The van der Waals surface area contributed by atoms with Gasteiger partial charge in [0, 0.05) is 25.5 Å². The maximum atomic E-state index is 12.5. The fourth-order valence-corrected chi connectivity index (χ4v) is 2.65. The van der Waals surface area contributed by atoms with E-state index in [-0.39, 0.29) is 5.91 Å². The lowest BCUT2D eigenvalue weighted by Crippen LogP contribution is -2.14. The number of benzene rings is 2. The Hall–Kier alpha value is -3.54. The molecule has 2 N–H and O–H groups in total. The first-order valence-corrected chi connectivity index (χ1v) is 9.10. The van der Waals surface area contributed by atoms with E-state index in [1.807, 2.05) is 74.4 Å². The lowest BCUT2D eigenvalue weighted by Gasteiger charge is -2.13. The maximum Gasteiger partial charge on any atom is 0.274 e. The zero-order valence-corrected chi connectivity index (χ0v) is 16.3. The minimum Gasteiger partial charge on any atom is -0.492 e. The van der Waals surface area contributed by atoms with Crippen molar-refractivity contribution in [2.75, 3.05) is 36.2 Å². The van der Waals surface area contributed by atoms with Crippen LogP contribution in [0.1, 0.15) is 17.4 Å². The molecule has 0 aliphatic heterocycles. The van der Waals surface area contributed by atoms with Gasteiger partial charge in [-0.15, -0.1) is 0 Å². The molecule has 144 valence electrons. The molecule has 6 nitrogen and oxygen atoms in total. The van der Waals surface area contributed by atoms with E-state index in [1.165, 1.54) is 0 Å². The summed E-state index contributed by atoms with van der Waals surface area (Å²) < 4.78 is 5.53. The molecular formula is C22H24N4O2. The van der Waals surface area contributed by atoms with Crippen molar-refractivity contribution in [3.05, 3.63) is 72.6 Å². The van der Waals surface area contributed by atoms with Crippen LogP contribution in [0.5, 0.6) is 5.75 Å². The number of nitrogens with zero attached hydrogens (tertiary/aromatic N) is 2. The molecule has 1 heterocycles. The maximum absolute atomic E-state index is 12.5. The highest BCUT2D eigenvalue weighted by Gasteiger charge is 2.11. The molecule has 0 spiro atoms. The molecule has 3 aromatic rings. The average molecular weight is 376 g/mol. The van der Waals surface area contributed by atoms with Crippen LogP contribution in [0, 0.1) is 0 Å². The number of rotatable bonds is 7. The Morgan fingerprint density at radius 2 is 1.71 bits per heavy atom. The highest BCUT2D eigenvalue weighted by atomic mass is 16.5. The Kier molecular flexibility index (Phi) is 6.11. The molecule has 0 radical (unpaired) electrons. The highest BCUT2D eigenvalue weighted by Crippen LogP contribution is 2.24. The predicted molar refractivity (Wildman–Crippen MR) is 114 cm³/mol. The van der Waals surface area contributed by atoms with Crippen LogP contribution in [0.15, 0.2) is 66.9 Å². The highest BCUT2D eigenvalue weighted by molar-refractivity contribution is 6.03. The molecule has 0 unspecified atom stereocenters. The van der Waals surface area contributed by atoms with Gasteiger partial charge >= 0.3 is 0 Å². The molecule has 1 amide bonds. The zero-order chi connectivity index (χ0) is 19.9. The number of hydrogen-bond acceptors (Lipinski definition) is 5. The molecule has 0 fully saturated rings. The van der Waals surface area contributed by atoms with Crippen LogP contribution in [0.25, 0.3) is 0 Å². The van der Waals surface area contributed by atoms with Gasteiger partial charge in [0.15, 0.2) is 0 Å². The van der Waals surface area contributed by atoms with Gasteiger partial charge in [-0.05, 0) is 55.5 Å². The van der Waals surface area contributed by atoms with Crippen LogP contribution < -0.4 is 20.3 Å². The van der Waals surface area contributed by atoms with Gasteiger partial charge in [0.2, 0.25) is 0 Å². The van der Waals surface area contributed by atoms with Crippen molar-refractivity contribution in [2.24, 2.45) is 0 Å².